The largest absolute Gasteiger partial charge is 0.317 e. The van der Waals surface area contributed by atoms with Crippen LogP contribution in [0.3, 0.4) is 0 Å². The third kappa shape index (κ3) is 2.88. The molecule has 0 aromatic heterocycles. The molecule has 2 nitrogen and oxygen atoms in total. The van der Waals surface area contributed by atoms with Gasteiger partial charge in [0.25, 0.3) is 0 Å². The number of hydrogen-bond acceptors (Lipinski definition) is 3. The molecule has 0 aliphatic carbocycles. The van der Waals surface area contributed by atoms with Crippen LogP contribution in [-0.2, 0) is 0 Å². The van der Waals surface area contributed by atoms with Crippen LogP contribution in [0.5, 0.6) is 0 Å². The number of hydrogen-bond donors (Lipinski definition) is 1. The molecule has 3 aliphatic heterocycles. The summed E-state index contributed by atoms with van der Waals surface area (Å²) in [6.07, 6.45) is 10.1. The van der Waals surface area contributed by atoms with Gasteiger partial charge in [-0.1, -0.05) is 6.42 Å². The number of nitrogens with one attached hydrogen (secondary N) is 1. The number of rotatable bonds is 3. The molecule has 18 heavy (non-hydrogen) atoms. The van der Waals surface area contributed by atoms with Crippen LogP contribution < -0.4 is 5.32 Å². The lowest BCUT2D eigenvalue weighted by molar-refractivity contribution is 0.0125. The topological polar surface area (TPSA) is 15.3 Å². The van der Waals surface area contributed by atoms with Crippen LogP contribution in [-0.4, -0.2) is 48.1 Å². The van der Waals surface area contributed by atoms with E-state index in [2.05, 4.69) is 29.0 Å². The van der Waals surface area contributed by atoms with Crippen molar-refractivity contribution < 1.29 is 0 Å². The van der Waals surface area contributed by atoms with Gasteiger partial charge in [-0.25, -0.2) is 0 Å². The molecule has 0 radical (unpaired) electrons. The number of fused-ring (bicyclic) bond motifs is 2. The summed E-state index contributed by atoms with van der Waals surface area (Å²) in [4.78, 5) is 2.91. The zero-order chi connectivity index (χ0) is 12.4. The van der Waals surface area contributed by atoms with E-state index in [0.29, 0.717) is 0 Å². The highest BCUT2D eigenvalue weighted by Crippen LogP contribution is 2.36. The molecule has 0 aromatic rings. The molecule has 3 heterocycles. The van der Waals surface area contributed by atoms with Crippen LogP contribution >= 0.6 is 11.8 Å². The standard InChI is InChI=1S/C15H28N2S/c1-16-13-9-14-3-2-4-15(10-13)17(14)11-12-5-7-18-8-6-12/h12-16H,2-11H2,1H3. The lowest BCUT2D eigenvalue weighted by atomic mass is 9.81. The van der Waals surface area contributed by atoms with Gasteiger partial charge < -0.3 is 5.32 Å². The molecule has 0 saturated carbocycles. The highest BCUT2D eigenvalue weighted by atomic mass is 32.2. The maximum Gasteiger partial charge on any atom is 0.0113 e. The first-order valence-electron chi connectivity index (χ1n) is 7.87. The van der Waals surface area contributed by atoms with E-state index < -0.39 is 0 Å². The molecule has 3 rings (SSSR count). The number of piperidine rings is 2. The molecule has 2 unspecified atom stereocenters. The zero-order valence-electron chi connectivity index (χ0n) is 11.7. The zero-order valence-corrected chi connectivity index (χ0v) is 12.6. The van der Waals surface area contributed by atoms with Crippen LogP contribution in [0.15, 0.2) is 0 Å². The van der Waals surface area contributed by atoms with Crippen molar-refractivity contribution in [2.75, 3.05) is 25.1 Å². The van der Waals surface area contributed by atoms with Crippen molar-refractivity contribution in [1.29, 1.82) is 0 Å². The molecule has 0 aromatic carbocycles. The van der Waals surface area contributed by atoms with Gasteiger partial charge in [0.05, 0.1) is 0 Å². The molecular formula is C15H28N2S. The Kier molecular flexibility index (Phi) is 4.53. The fraction of sp³-hybridized carbons (Fsp3) is 1.00. The van der Waals surface area contributed by atoms with E-state index in [9.17, 15) is 0 Å². The third-order valence-corrected chi connectivity index (χ3v) is 6.39. The number of thioether (sulfide) groups is 1. The van der Waals surface area contributed by atoms with Gasteiger partial charge in [-0.3, -0.25) is 4.90 Å². The van der Waals surface area contributed by atoms with E-state index in [1.54, 1.807) is 0 Å². The molecule has 0 spiro atoms. The minimum atomic E-state index is 0.790. The van der Waals surface area contributed by atoms with E-state index in [0.717, 1.165) is 24.0 Å². The van der Waals surface area contributed by atoms with Gasteiger partial charge in [0.1, 0.15) is 0 Å². The van der Waals surface area contributed by atoms with Gasteiger partial charge in [0.2, 0.25) is 0 Å². The Balaban J connectivity index is 1.60. The SMILES string of the molecule is CNC1CC2CCCC(C1)N2CC1CCSCC1. The van der Waals surface area contributed by atoms with E-state index in [4.69, 9.17) is 0 Å². The van der Waals surface area contributed by atoms with Crippen LogP contribution in [0.1, 0.15) is 44.9 Å². The third-order valence-electron chi connectivity index (χ3n) is 5.34. The van der Waals surface area contributed by atoms with Crippen LogP contribution in [0.4, 0.5) is 0 Å². The molecule has 3 aliphatic rings. The average molecular weight is 268 g/mol. The Morgan fingerprint density at radius 3 is 2.33 bits per heavy atom. The van der Waals surface area contributed by atoms with Crippen LogP contribution in [0.2, 0.25) is 0 Å². The molecule has 1 N–H and O–H groups in total. The molecule has 3 fully saturated rings. The summed E-state index contributed by atoms with van der Waals surface area (Å²) in [5.74, 6) is 3.82. The monoisotopic (exact) mass is 268 g/mol. The van der Waals surface area contributed by atoms with Crippen molar-refractivity contribution in [1.82, 2.24) is 10.2 Å². The molecule has 2 atom stereocenters. The first-order valence-corrected chi connectivity index (χ1v) is 9.03. The van der Waals surface area contributed by atoms with E-state index in [1.807, 2.05) is 0 Å². The van der Waals surface area contributed by atoms with Crippen molar-refractivity contribution in [3.05, 3.63) is 0 Å². The summed E-state index contributed by atoms with van der Waals surface area (Å²) in [5.41, 5.74) is 0. The first kappa shape index (κ1) is 13.3. The maximum absolute atomic E-state index is 3.53. The smallest absolute Gasteiger partial charge is 0.0113 e. The van der Waals surface area contributed by atoms with Crippen molar-refractivity contribution in [3.63, 3.8) is 0 Å². The highest BCUT2D eigenvalue weighted by molar-refractivity contribution is 7.99. The van der Waals surface area contributed by atoms with Crippen LogP contribution in [0.25, 0.3) is 0 Å². The Hall–Kier alpha value is 0.270. The van der Waals surface area contributed by atoms with Gasteiger partial charge >= 0.3 is 0 Å². The quantitative estimate of drug-likeness (QED) is 0.847. The summed E-state index contributed by atoms with van der Waals surface area (Å²) in [6, 6.07) is 2.58. The molecule has 0 amide bonds. The minimum Gasteiger partial charge on any atom is -0.317 e. The van der Waals surface area contributed by atoms with Gasteiger partial charge in [-0.2, -0.15) is 11.8 Å². The normalized spacial score (nSPS) is 38.8. The molecule has 2 bridgehead atoms. The molecule has 3 heteroatoms. The summed E-state index contributed by atoms with van der Waals surface area (Å²) in [6.45, 7) is 1.41. The Morgan fingerprint density at radius 1 is 1.06 bits per heavy atom. The average Bonchev–Trinajstić information content (AvgIpc) is 2.39. The van der Waals surface area contributed by atoms with E-state index in [-0.39, 0.29) is 0 Å². The lowest BCUT2D eigenvalue weighted by Gasteiger charge is -2.50. The Bertz CT molecular complexity index is 251. The van der Waals surface area contributed by atoms with E-state index in [1.165, 1.54) is 63.0 Å². The summed E-state index contributed by atoms with van der Waals surface area (Å²) < 4.78 is 0. The second-order valence-electron chi connectivity index (χ2n) is 6.45. The van der Waals surface area contributed by atoms with Gasteiger partial charge in [-0.05, 0) is 63.0 Å². The first-order chi connectivity index (χ1) is 8.86. The maximum atomic E-state index is 3.53. The second kappa shape index (κ2) is 6.15. The predicted molar refractivity (Wildman–Crippen MR) is 80.3 cm³/mol. The number of nitrogens with zero attached hydrogens (tertiary/aromatic N) is 1. The van der Waals surface area contributed by atoms with Crippen molar-refractivity contribution in [3.8, 4) is 0 Å². The minimum absolute atomic E-state index is 0.790. The highest BCUT2D eigenvalue weighted by Gasteiger charge is 2.38. The molecular weight excluding hydrogens is 240 g/mol. The van der Waals surface area contributed by atoms with Crippen LogP contribution in [0, 0.1) is 5.92 Å². The summed E-state index contributed by atoms with van der Waals surface area (Å²) in [7, 11) is 2.15. The summed E-state index contributed by atoms with van der Waals surface area (Å²) in [5, 5.41) is 3.53. The summed E-state index contributed by atoms with van der Waals surface area (Å²) >= 11 is 2.16. The van der Waals surface area contributed by atoms with Crippen molar-refractivity contribution in [2.45, 2.75) is 63.1 Å². The van der Waals surface area contributed by atoms with Crippen molar-refractivity contribution >= 4 is 11.8 Å². The fourth-order valence-corrected chi connectivity index (χ4v) is 5.44. The Labute approximate surface area is 116 Å². The van der Waals surface area contributed by atoms with Gasteiger partial charge in [0.15, 0.2) is 0 Å². The van der Waals surface area contributed by atoms with E-state index >= 15 is 0 Å². The van der Waals surface area contributed by atoms with Crippen molar-refractivity contribution in [2.24, 2.45) is 5.92 Å². The second-order valence-corrected chi connectivity index (χ2v) is 7.67. The molecule has 104 valence electrons. The van der Waals surface area contributed by atoms with Gasteiger partial charge in [-0.15, -0.1) is 0 Å². The lowest BCUT2D eigenvalue weighted by Crippen LogP contribution is -2.57. The predicted octanol–water partition coefficient (Wildman–Crippen LogP) is 2.73. The fourth-order valence-electron chi connectivity index (χ4n) is 4.24. The van der Waals surface area contributed by atoms with Gasteiger partial charge in [0, 0.05) is 24.7 Å². The Morgan fingerprint density at radius 2 is 1.72 bits per heavy atom. The molecule has 3 saturated heterocycles.